The molecule has 0 aromatic heterocycles. The van der Waals surface area contributed by atoms with Crippen LogP contribution in [0, 0.1) is 0 Å². The van der Waals surface area contributed by atoms with Crippen LogP contribution in [-0.2, 0) is 6.16 Å². The van der Waals surface area contributed by atoms with Gasteiger partial charge in [-0.1, -0.05) is 0 Å². The first-order valence-corrected chi connectivity index (χ1v) is 18.6. The van der Waals surface area contributed by atoms with Crippen LogP contribution >= 0.6 is 18.9 Å². The quantitative estimate of drug-likeness (QED) is 0.121. The van der Waals surface area contributed by atoms with Gasteiger partial charge in [-0.05, 0) is 0 Å². The summed E-state index contributed by atoms with van der Waals surface area (Å²) in [6.07, 6.45) is 1.00. The number of benzene rings is 4. The van der Waals surface area contributed by atoms with E-state index in [9.17, 15) is 16.9 Å². The van der Waals surface area contributed by atoms with Crippen molar-refractivity contribution in [2.45, 2.75) is 6.16 Å². The third-order valence-electron chi connectivity index (χ3n) is 5.18. The molecule has 4 rings (SSSR count). The van der Waals surface area contributed by atoms with Crippen molar-refractivity contribution >= 4 is 54.3 Å². The molecule has 0 N–H and O–H groups in total. The maximum Gasteiger partial charge on any atom is 1.00 e. The predicted octanol–water partition coefficient (Wildman–Crippen LogP) is 7.82. The van der Waals surface area contributed by atoms with E-state index in [2.05, 4.69) is 103 Å². The Bertz CT molecular complexity index is 1100. The molecule has 0 bridgehead atoms. The first-order chi connectivity index (χ1) is 15.7. The fourth-order valence-corrected chi connectivity index (χ4v) is 8.75. The number of hydrogen-bond donors (Lipinski definition) is 0. The molecule has 0 aliphatic rings. The molecule has 182 valence electrons. The van der Waals surface area contributed by atoms with Crippen molar-refractivity contribution in [3.05, 3.63) is 126 Å². The molecule has 0 unspecified atom stereocenters. The van der Waals surface area contributed by atoms with Crippen molar-refractivity contribution in [2.75, 3.05) is 0 Å². The van der Waals surface area contributed by atoms with Crippen LogP contribution < -0.4 is 15.9 Å². The molecule has 0 spiro atoms. The molecule has 0 nitrogen and oxygen atoms in total. The molecule has 0 radical (unpaired) electrons. The van der Waals surface area contributed by atoms with Crippen molar-refractivity contribution in [2.24, 2.45) is 0 Å². The minimum atomic E-state index is -11.2. The summed E-state index contributed by atoms with van der Waals surface area (Å²) >= 11 is -5.10. The Morgan fingerprint density at radius 2 is 0.824 bits per heavy atom. The molecule has 0 heterocycles. The summed E-state index contributed by atoms with van der Waals surface area (Å²) in [6.45, 7) is 0. The Labute approximate surface area is 203 Å². The van der Waals surface area contributed by atoms with E-state index in [0.29, 0.717) is 0 Å². The van der Waals surface area contributed by atoms with Crippen molar-refractivity contribution in [1.29, 1.82) is 0 Å². The second kappa shape index (κ2) is 9.57. The molecule has 0 saturated heterocycles. The summed E-state index contributed by atoms with van der Waals surface area (Å²) in [5.41, 5.74) is 1.32. The Morgan fingerprint density at radius 1 is 0.529 bits per heavy atom. The average molecular weight is 626 g/mol. The van der Waals surface area contributed by atoms with Gasteiger partial charge in [-0.25, -0.2) is 0 Å². The van der Waals surface area contributed by atoms with Crippen LogP contribution in [0.15, 0.2) is 115 Å². The van der Waals surface area contributed by atoms with Crippen molar-refractivity contribution in [3.63, 3.8) is 0 Å². The van der Waals surface area contributed by atoms with Crippen LogP contribution in [0.3, 0.4) is 0 Å². The first kappa shape index (κ1) is 26.6. The molecule has 0 fully saturated rings. The summed E-state index contributed by atoms with van der Waals surface area (Å²) in [5.74, 6) is 0. The molecular weight excluding hydrogens is 602 g/mol. The molecule has 9 heteroatoms. The van der Waals surface area contributed by atoms with E-state index in [1.165, 1.54) is 21.5 Å². The molecule has 34 heavy (non-hydrogen) atoms. The van der Waals surface area contributed by atoms with Gasteiger partial charge in [0.05, 0.1) is 0 Å². The van der Waals surface area contributed by atoms with Gasteiger partial charge in [0.15, 0.2) is 0 Å². The molecule has 0 atom stereocenters. The molecule has 0 amide bonds. The van der Waals surface area contributed by atoms with Gasteiger partial charge in [0.1, 0.15) is 0 Å². The van der Waals surface area contributed by atoms with E-state index >= 15 is 0 Å². The Hall–Kier alpha value is -2.00. The van der Waals surface area contributed by atoms with Gasteiger partial charge >= 0.3 is 205 Å². The summed E-state index contributed by atoms with van der Waals surface area (Å²) in [6, 6.07) is 41.3. The van der Waals surface area contributed by atoms with E-state index in [-0.39, 0.29) is 1.43 Å². The summed E-state index contributed by atoms with van der Waals surface area (Å²) in [4.78, 5) is 0. The zero-order chi connectivity index (χ0) is 24.9. The fourth-order valence-electron chi connectivity index (χ4n) is 3.88. The predicted molar refractivity (Wildman–Crippen MR) is 135 cm³/mol. The van der Waals surface area contributed by atoms with Crippen LogP contribution in [0.5, 0.6) is 0 Å². The van der Waals surface area contributed by atoms with Crippen molar-refractivity contribution in [1.82, 2.24) is 0 Å². The van der Waals surface area contributed by atoms with Gasteiger partial charge < -0.3 is 0 Å². The van der Waals surface area contributed by atoms with Gasteiger partial charge in [-0.3, -0.25) is 0 Å². The third kappa shape index (κ3) is 8.34. The maximum absolute atomic E-state index is 11.2. The number of hydrogen-bond acceptors (Lipinski definition) is 0. The molecule has 0 saturated carbocycles. The summed E-state index contributed by atoms with van der Waals surface area (Å²) < 4.78 is 59.6. The average Bonchev–Trinajstić information content (AvgIpc) is 2.78. The molecule has 4 aromatic rings. The fraction of sp³-hybridized carbons (Fsp3) is 0.0400. The second-order valence-electron chi connectivity index (χ2n) is 7.76. The monoisotopic (exact) mass is 624 g/mol. The maximum atomic E-state index is 9.93. The van der Waals surface area contributed by atoms with Crippen LogP contribution in [0.4, 0.5) is 16.9 Å². The van der Waals surface area contributed by atoms with Gasteiger partial charge in [0, 0.05) is 0 Å². The Balaban J connectivity index is 0.000000476. The van der Waals surface area contributed by atoms with E-state index in [4.69, 9.17) is 11.6 Å². The normalized spacial score (nSPS) is 14.2. The summed E-state index contributed by atoms with van der Waals surface area (Å²) in [7, 11) is -2.23. The first-order valence-electron chi connectivity index (χ1n) is 10.2. The van der Waals surface area contributed by atoms with Crippen molar-refractivity contribution in [3.8, 4) is 0 Å². The minimum absolute atomic E-state index is 0. The third-order valence-corrected chi connectivity index (χ3v) is 10.3. The summed E-state index contributed by atoms with van der Waals surface area (Å²) in [5, 5.41) is 5.07. The molecule has 4 aromatic carbocycles. The molecule has 0 aliphatic heterocycles. The van der Waals surface area contributed by atoms with Crippen LogP contribution in [0.25, 0.3) is 0 Å². The second-order valence-corrected chi connectivity index (χ2v) is 17.6. The van der Waals surface area contributed by atoms with E-state index in [1.807, 2.05) is 12.1 Å². The standard InChI is InChI=1S/C25H22ClP.6FH.Sb/c26-22-18-16-21(17-19-22)20-27(23-10-4-1-5-11-23,24-12-6-2-7-13-24)25-14-8-3-9-15-25;;;;;;;/h1-19,27H,20H2;6*1H;/q;;;;;;;+5/p-5. The van der Waals surface area contributed by atoms with Gasteiger partial charge in [-0.2, -0.15) is 0 Å². The molecular formula is C25H23ClF6PSb. The Morgan fingerprint density at radius 3 is 1.12 bits per heavy atom. The minimum Gasteiger partial charge on any atom is 1.00 e. The topological polar surface area (TPSA) is 0 Å². The van der Waals surface area contributed by atoms with Gasteiger partial charge in [0.2, 0.25) is 0 Å². The van der Waals surface area contributed by atoms with E-state index in [1.54, 1.807) is 0 Å². The van der Waals surface area contributed by atoms with E-state index < -0.39 is 26.7 Å². The SMILES string of the molecule is Clc1ccc(C[PH](c2ccccc2)(c2ccccc2)c2ccccc2)cc1.[F][Sb-]([F])([F])([F])([F])[F].[H+]. The number of rotatable bonds is 5. The van der Waals surface area contributed by atoms with Crippen LogP contribution in [0.1, 0.15) is 6.99 Å². The molecule has 0 aliphatic carbocycles. The van der Waals surface area contributed by atoms with E-state index in [0.717, 1.165) is 11.2 Å². The van der Waals surface area contributed by atoms with Crippen LogP contribution in [-0.4, -0.2) is 19.5 Å². The Kier molecular flexibility index (Phi) is 7.48. The zero-order valence-corrected chi connectivity index (χ0v) is 22.1. The van der Waals surface area contributed by atoms with Crippen molar-refractivity contribution < 1.29 is 18.3 Å². The van der Waals surface area contributed by atoms with Gasteiger partial charge in [-0.15, -0.1) is 0 Å². The number of halogens is 7. The van der Waals surface area contributed by atoms with Crippen LogP contribution in [0.2, 0.25) is 5.02 Å². The van der Waals surface area contributed by atoms with Gasteiger partial charge in [0.25, 0.3) is 0 Å². The smallest absolute Gasteiger partial charge is 1.00 e. The zero-order valence-electron chi connectivity index (χ0n) is 18.8. The largest absolute Gasteiger partial charge is 1.00 e.